The van der Waals surface area contributed by atoms with E-state index in [0.717, 1.165) is 0 Å². The smallest absolute Gasteiger partial charge is 0.272 e. The van der Waals surface area contributed by atoms with Crippen molar-refractivity contribution >= 4 is 11.9 Å². The van der Waals surface area contributed by atoms with Gasteiger partial charge in [0.2, 0.25) is 5.95 Å². The summed E-state index contributed by atoms with van der Waals surface area (Å²) < 4.78 is 11.3. The molecule has 1 amide bonds. The van der Waals surface area contributed by atoms with Crippen LogP contribution in [0.1, 0.15) is 23.3 Å². The summed E-state index contributed by atoms with van der Waals surface area (Å²) in [6.07, 6.45) is 4.70. The van der Waals surface area contributed by atoms with Gasteiger partial charge in [-0.15, -0.1) is 6.58 Å². The number of carbonyl (C=O) groups excluding carboxylic acids is 1. The van der Waals surface area contributed by atoms with Gasteiger partial charge >= 0.3 is 0 Å². The molecule has 1 spiro atoms. The molecular formula is C15H20N4O3. The van der Waals surface area contributed by atoms with Crippen LogP contribution in [0.3, 0.4) is 0 Å². The number of hydrogen-bond donors (Lipinski definition) is 1. The fourth-order valence-corrected chi connectivity index (χ4v) is 2.72. The summed E-state index contributed by atoms with van der Waals surface area (Å²) in [5.41, 5.74) is 0.394. The van der Waals surface area contributed by atoms with E-state index < -0.39 is 5.79 Å². The summed E-state index contributed by atoms with van der Waals surface area (Å²) in [4.78, 5) is 22.7. The van der Waals surface area contributed by atoms with Gasteiger partial charge in [-0.1, -0.05) is 6.08 Å². The second-order valence-electron chi connectivity index (χ2n) is 5.33. The highest BCUT2D eigenvalue weighted by atomic mass is 16.7. The highest BCUT2D eigenvalue weighted by molar-refractivity contribution is 5.92. The van der Waals surface area contributed by atoms with E-state index in [4.69, 9.17) is 9.47 Å². The van der Waals surface area contributed by atoms with Crippen LogP contribution in [-0.2, 0) is 9.47 Å². The van der Waals surface area contributed by atoms with Crippen LogP contribution in [0.2, 0.25) is 0 Å². The maximum atomic E-state index is 12.5. The molecule has 2 aliphatic rings. The average molecular weight is 304 g/mol. The van der Waals surface area contributed by atoms with E-state index >= 15 is 0 Å². The third-order valence-electron chi connectivity index (χ3n) is 3.91. The Morgan fingerprint density at radius 3 is 2.82 bits per heavy atom. The first-order chi connectivity index (χ1) is 10.7. The number of carbonyl (C=O) groups is 1. The standard InChI is InChI=1S/C15H20N4O3/c1-2-6-16-14-17-7-3-12(18-14)13(20)19-8-4-15(5-9-19)21-10-11-22-15/h2-3,7H,1,4-6,8-11H2,(H,16,17,18). The van der Waals surface area contributed by atoms with Crippen molar-refractivity contribution in [1.82, 2.24) is 14.9 Å². The first kappa shape index (κ1) is 14.9. The normalized spacial score (nSPS) is 20.1. The van der Waals surface area contributed by atoms with Gasteiger partial charge in [-0.05, 0) is 6.07 Å². The van der Waals surface area contributed by atoms with Crippen LogP contribution >= 0.6 is 0 Å². The van der Waals surface area contributed by atoms with Crippen LogP contribution in [0.4, 0.5) is 5.95 Å². The van der Waals surface area contributed by atoms with E-state index in [-0.39, 0.29) is 5.91 Å². The molecule has 3 rings (SSSR count). The second kappa shape index (κ2) is 6.41. The van der Waals surface area contributed by atoms with Crippen molar-refractivity contribution in [3.8, 4) is 0 Å². The molecule has 1 N–H and O–H groups in total. The lowest BCUT2D eigenvalue weighted by Gasteiger charge is -2.37. The molecule has 0 aliphatic carbocycles. The van der Waals surface area contributed by atoms with Gasteiger partial charge in [0.25, 0.3) is 5.91 Å². The number of nitrogens with zero attached hydrogens (tertiary/aromatic N) is 3. The molecule has 118 valence electrons. The lowest BCUT2D eigenvalue weighted by molar-refractivity contribution is -0.181. The number of amides is 1. The van der Waals surface area contributed by atoms with Crippen LogP contribution in [0.25, 0.3) is 0 Å². The molecule has 0 saturated carbocycles. The summed E-state index contributed by atoms with van der Waals surface area (Å²) in [5, 5.41) is 2.98. The molecule has 0 unspecified atom stereocenters. The van der Waals surface area contributed by atoms with Crippen LogP contribution in [0.15, 0.2) is 24.9 Å². The predicted molar refractivity (Wildman–Crippen MR) is 80.5 cm³/mol. The van der Waals surface area contributed by atoms with Gasteiger partial charge < -0.3 is 19.7 Å². The Bertz CT molecular complexity index is 547. The van der Waals surface area contributed by atoms with E-state index in [2.05, 4.69) is 21.9 Å². The zero-order valence-corrected chi connectivity index (χ0v) is 12.5. The van der Waals surface area contributed by atoms with Gasteiger partial charge in [0, 0.05) is 38.7 Å². The zero-order valence-electron chi connectivity index (χ0n) is 12.5. The monoisotopic (exact) mass is 304 g/mol. The molecular weight excluding hydrogens is 284 g/mol. The van der Waals surface area contributed by atoms with Gasteiger partial charge in [0.05, 0.1) is 13.2 Å². The summed E-state index contributed by atoms with van der Waals surface area (Å²) >= 11 is 0. The second-order valence-corrected chi connectivity index (χ2v) is 5.33. The third-order valence-corrected chi connectivity index (χ3v) is 3.91. The van der Waals surface area contributed by atoms with Crippen molar-refractivity contribution in [3.05, 3.63) is 30.6 Å². The molecule has 0 aromatic carbocycles. The fraction of sp³-hybridized carbons (Fsp3) is 0.533. The van der Waals surface area contributed by atoms with E-state index in [1.54, 1.807) is 23.2 Å². The maximum Gasteiger partial charge on any atom is 0.272 e. The first-order valence-corrected chi connectivity index (χ1v) is 7.47. The molecule has 2 aliphatic heterocycles. The molecule has 7 nitrogen and oxygen atoms in total. The van der Waals surface area contributed by atoms with Crippen molar-refractivity contribution in [2.75, 3.05) is 38.2 Å². The molecule has 2 fully saturated rings. The Morgan fingerprint density at radius 1 is 1.41 bits per heavy atom. The molecule has 1 aromatic rings. The van der Waals surface area contributed by atoms with Crippen molar-refractivity contribution < 1.29 is 14.3 Å². The van der Waals surface area contributed by atoms with Crippen LogP contribution in [0, 0.1) is 0 Å². The number of anilines is 1. The van der Waals surface area contributed by atoms with Gasteiger partial charge in [-0.25, -0.2) is 9.97 Å². The number of nitrogens with one attached hydrogen (secondary N) is 1. The third kappa shape index (κ3) is 3.10. The van der Waals surface area contributed by atoms with Crippen LogP contribution < -0.4 is 5.32 Å². The molecule has 7 heteroatoms. The minimum atomic E-state index is -0.473. The van der Waals surface area contributed by atoms with Crippen LogP contribution in [0.5, 0.6) is 0 Å². The summed E-state index contributed by atoms with van der Waals surface area (Å²) in [5.74, 6) is -0.127. The van der Waals surface area contributed by atoms with Gasteiger partial charge in [0.1, 0.15) is 5.69 Å². The number of ether oxygens (including phenoxy) is 2. The van der Waals surface area contributed by atoms with E-state index in [0.29, 0.717) is 57.3 Å². The SMILES string of the molecule is C=CCNc1nccc(C(=O)N2CCC3(CC2)OCCO3)n1. The van der Waals surface area contributed by atoms with E-state index in [1.807, 2.05) is 0 Å². The Hall–Kier alpha value is -1.99. The van der Waals surface area contributed by atoms with E-state index in [1.165, 1.54) is 0 Å². The van der Waals surface area contributed by atoms with E-state index in [9.17, 15) is 4.79 Å². The molecule has 0 atom stereocenters. The lowest BCUT2D eigenvalue weighted by atomic mass is 10.0. The summed E-state index contributed by atoms with van der Waals surface area (Å²) in [6.45, 7) is 6.67. The molecule has 22 heavy (non-hydrogen) atoms. The van der Waals surface area contributed by atoms with Crippen molar-refractivity contribution in [2.45, 2.75) is 18.6 Å². The molecule has 0 radical (unpaired) electrons. The van der Waals surface area contributed by atoms with Crippen LogP contribution in [-0.4, -0.2) is 59.4 Å². The van der Waals surface area contributed by atoms with Gasteiger partial charge in [-0.2, -0.15) is 0 Å². The minimum absolute atomic E-state index is 0.0862. The highest BCUT2D eigenvalue weighted by Gasteiger charge is 2.41. The minimum Gasteiger partial charge on any atom is -0.351 e. The topological polar surface area (TPSA) is 76.6 Å². The first-order valence-electron chi connectivity index (χ1n) is 7.47. The van der Waals surface area contributed by atoms with Gasteiger partial charge in [0.15, 0.2) is 5.79 Å². The number of likely N-dealkylation sites (tertiary alicyclic amines) is 1. The zero-order chi connectivity index (χ0) is 15.4. The largest absolute Gasteiger partial charge is 0.351 e. The number of hydrogen-bond acceptors (Lipinski definition) is 6. The highest BCUT2D eigenvalue weighted by Crippen LogP contribution is 2.31. The van der Waals surface area contributed by atoms with Crippen molar-refractivity contribution in [1.29, 1.82) is 0 Å². The quantitative estimate of drug-likeness (QED) is 0.838. The van der Waals surface area contributed by atoms with Crippen molar-refractivity contribution in [3.63, 3.8) is 0 Å². The average Bonchev–Trinajstić information content (AvgIpc) is 3.01. The Kier molecular flexibility index (Phi) is 4.35. The van der Waals surface area contributed by atoms with Crippen molar-refractivity contribution in [2.24, 2.45) is 0 Å². The molecule has 2 saturated heterocycles. The summed E-state index contributed by atoms with van der Waals surface area (Å²) in [7, 11) is 0. The predicted octanol–water partition coefficient (Wildman–Crippen LogP) is 1.05. The number of aromatic nitrogens is 2. The molecule has 1 aromatic heterocycles. The fourth-order valence-electron chi connectivity index (χ4n) is 2.72. The lowest BCUT2D eigenvalue weighted by Crippen LogP contribution is -2.47. The molecule has 3 heterocycles. The summed E-state index contributed by atoms with van der Waals surface area (Å²) in [6, 6.07) is 1.63. The Morgan fingerprint density at radius 2 is 2.14 bits per heavy atom. The Balaban J connectivity index is 1.63. The Labute approximate surface area is 129 Å². The molecule has 0 bridgehead atoms. The number of piperidine rings is 1. The number of rotatable bonds is 4. The maximum absolute atomic E-state index is 12.5. The van der Waals surface area contributed by atoms with Gasteiger partial charge in [-0.3, -0.25) is 4.79 Å².